The lowest BCUT2D eigenvalue weighted by Crippen LogP contribution is -2.38. The van der Waals surface area contributed by atoms with Gasteiger partial charge in [-0.1, -0.05) is 6.42 Å². The van der Waals surface area contributed by atoms with Crippen LogP contribution < -0.4 is 20.3 Å². The van der Waals surface area contributed by atoms with Crippen LogP contribution in [0.5, 0.6) is 11.5 Å². The Morgan fingerprint density at radius 3 is 2.34 bits per heavy atom. The Labute approximate surface area is 184 Å². The summed E-state index contributed by atoms with van der Waals surface area (Å²) in [7, 11) is 3.30. The molecule has 2 aromatic rings. The minimum Gasteiger partial charge on any atom is -0.493 e. The average Bonchev–Trinajstić information content (AvgIpc) is 2.73. The van der Waals surface area contributed by atoms with E-state index < -0.39 is 0 Å². The lowest BCUT2D eigenvalue weighted by Gasteiger charge is -2.28. The molecule has 1 fully saturated rings. The molecule has 0 atom stereocenters. The molecule has 0 saturated carbocycles. The first-order valence-corrected chi connectivity index (χ1v) is 9.96. The van der Waals surface area contributed by atoms with E-state index in [0.29, 0.717) is 24.6 Å². The van der Waals surface area contributed by atoms with Gasteiger partial charge in [-0.3, -0.25) is 4.79 Å². The fourth-order valence-electron chi connectivity index (χ4n) is 4.44. The quantitative estimate of drug-likeness (QED) is 0.769. The summed E-state index contributed by atoms with van der Waals surface area (Å²) in [4.78, 5) is 15.8. The van der Waals surface area contributed by atoms with E-state index in [2.05, 4.69) is 10.2 Å². The van der Waals surface area contributed by atoms with Gasteiger partial charge in [-0.15, -0.1) is 24.8 Å². The first kappa shape index (κ1) is 23.8. The second kappa shape index (κ2) is 10.5. The van der Waals surface area contributed by atoms with Gasteiger partial charge < -0.3 is 24.3 Å². The number of hydrogen-bond donors (Lipinski definition) is 1. The van der Waals surface area contributed by atoms with Crippen LogP contribution in [0.25, 0.3) is 10.9 Å². The standard InChI is InChI=1S/C21H29N3O3.2ClH/c1-26-19-12-16-15-6-7-22-14-17(15)21(25)24(18(16)13-20(19)27-2)11-10-23-8-4-3-5-9-23;;/h12-13,22H,3-11,14H2,1-2H3;2*1H. The SMILES string of the molecule is COc1cc2c3c(c(=O)n(CCN4CCCCC4)c2cc1OC)CNCC3.Cl.Cl. The molecule has 0 amide bonds. The lowest BCUT2D eigenvalue weighted by atomic mass is 9.96. The van der Waals surface area contributed by atoms with Gasteiger partial charge >= 0.3 is 0 Å². The highest BCUT2D eigenvalue weighted by atomic mass is 35.5. The van der Waals surface area contributed by atoms with Gasteiger partial charge in [-0.2, -0.15) is 0 Å². The molecule has 0 aliphatic carbocycles. The molecule has 0 unspecified atom stereocenters. The topological polar surface area (TPSA) is 55.7 Å². The zero-order valence-electron chi connectivity index (χ0n) is 17.2. The van der Waals surface area contributed by atoms with Crippen molar-refractivity contribution < 1.29 is 9.47 Å². The maximum absolute atomic E-state index is 13.3. The average molecular weight is 444 g/mol. The van der Waals surface area contributed by atoms with Gasteiger partial charge in [0.05, 0.1) is 19.7 Å². The monoisotopic (exact) mass is 443 g/mol. The number of ether oxygens (including phenoxy) is 2. The second-order valence-electron chi connectivity index (χ2n) is 7.47. The zero-order valence-corrected chi connectivity index (χ0v) is 18.8. The molecule has 4 rings (SSSR count). The van der Waals surface area contributed by atoms with Crippen LogP contribution in [0.4, 0.5) is 0 Å². The molecule has 2 aliphatic rings. The van der Waals surface area contributed by atoms with Crippen molar-refractivity contribution in [3.8, 4) is 11.5 Å². The van der Waals surface area contributed by atoms with Crippen LogP contribution >= 0.6 is 24.8 Å². The summed E-state index contributed by atoms with van der Waals surface area (Å²) in [6.07, 6.45) is 4.70. The summed E-state index contributed by atoms with van der Waals surface area (Å²) in [5.41, 5.74) is 3.15. The third-order valence-corrected chi connectivity index (χ3v) is 5.93. The van der Waals surface area contributed by atoms with Crippen molar-refractivity contribution in [1.29, 1.82) is 0 Å². The van der Waals surface area contributed by atoms with E-state index in [1.54, 1.807) is 14.2 Å². The summed E-state index contributed by atoms with van der Waals surface area (Å²) in [6.45, 7) is 5.43. The maximum atomic E-state index is 13.3. The van der Waals surface area contributed by atoms with Gasteiger partial charge in [0.2, 0.25) is 0 Å². The number of hydrogen-bond acceptors (Lipinski definition) is 5. The van der Waals surface area contributed by atoms with Crippen LogP contribution in [-0.2, 0) is 19.5 Å². The molecule has 2 aliphatic heterocycles. The molecule has 29 heavy (non-hydrogen) atoms. The fraction of sp³-hybridized carbons (Fsp3) is 0.571. The second-order valence-corrected chi connectivity index (χ2v) is 7.47. The van der Waals surface area contributed by atoms with Crippen molar-refractivity contribution in [3.63, 3.8) is 0 Å². The van der Waals surface area contributed by atoms with Crippen LogP contribution in [0.3, 0.4) is 0 Å². The molecule has 3 heterocycles. The summed E-state index contributed by atoms with van der Waals surface area (Å²) in [5.74, 6) is 1.39. The van der Waals surface area contributed by atoms with Crippen molar-refractivity contribution >= 4 is 35.7 Å². The van der Waals surface area contributed by atoms with E-state index >= 15 is 0 Å². The number of rotatable bonds is 5. The minimum absolute atomic E-state index is 0. The number of aromatic nitrogens is 1. The number of nitrogens with zero attached hydrogens (tertiary/aromatic N) is 2. The van der Waals surface area contributed by atoms with E-state index in [4.69, 9.17) is 9.47 Å². The zero-order chi connectivity index (χ0) is 18.8. The Hall–Kier alpha value is -1.47. The summed E-state index contributed by atoms with van der Waals surface area (Å²) < 4.78 is 13.0. The van der Waals surface area contributed by atoms with Crippen molar-refractivity contribution in [2.45, 2.75) is 38.8 Å². The van der Waals surface area contributed by atoms with Crippen LogP contribution in [0.15, 0.2) is 16.9 Å². The maximum Gasteiger partial charge on any atom is 0.255 e. The van der Waals surface area contributed by atoms with E-state index in [1.165, 1.54) is 19.3 Å². The number of likely N-dealkylation sites (tertiary alicyclic amines) is 1. The number of piperidine rings is 1. The van der Waals surface area contributed by atoms with Gasteiger partial charge in [0, 0.05) is 36.7 Å². The molecule has 0 bridgehead atoms. The predicted octanol–water partition coefficient (Wildman–Crippen LogP) is 2.99. The van der Waals surface area contributed by atoms with Crippen LogP contribution in [-0.4, -0.2) is 49.9 Å². The molecule has 0 radical (unpaired) electrons. The molecule has 1 saturated heterocycles. The van der Waals surface area contributed by atoms with Crippen molar-refractivity contribution in [2.75, 3.05) is 40.4 Å². The summed E-state index contributed by atoms with van der Waals surface area (Å²) >= 11 is 0. The summed E-state index contributed by atoms with van der Waals surface area (Å²) in [6, 6.07) is 4.00. The smallest absolute Gasteiger partial charge is 0.255 e. The van der Waals surface area contributed by atoms with Gasteiger partial charge in [-0.05, 0) is 50.5 Å². The lowest BCUT2D eigenvalue weighted by molar-refractivity contribution is 0.221. The number of nitrogens with one attached hydrogen (secondary N) is 1. The van der Waals surface area contributed by atoms with E-state index in [0.717, 1.165) is 54.6 Å². The highest BCUT2D eigenvalue weighted by Gasteiger charge is 2.22. The Morgan fingerprint density at radius 2 is 1.66 bits per heavy atom. The number of benzene rings is 1. The Kier molecular flexibility index (Phi) is 8.64. The summed E-state index contributed by atoms with van der Waals surface area (Å²) in [5, 5.41) is 4.46. The molecular formula is C21H31Cl2N3O3. The molecule has 0 spiro atoms. The molecule has 1 aromatic carbocycles. The molecule has 8 heteroatoms. The van der Waals surface area contributed by atoms with Crippen molar-refractivity contribution in [3.05, 3.63) is 33.6 Å². The first-order chi connectivity index (χ1) is 13.2. The normalized spacial score (nSPS) is 16.5. The highest BCUT2D eigenvalue weighted by molar-refractivity contribution is 5.87. The van der Waals surface area contributed by atoms with Gasteiger partial charge in [0.1, 0.15) is 0 Å². The van der Waals surface area contributed by atoms with Crippen LogP contribution in [0.2, 0.25) is 0 Å². The minimum atomic E-state index is 0. The number of pyridine rings is 1. The van der Waals surface area contributed by atoms with E-state index in [-0.39, 0.29) is 30.4 Å². The fourth-order valence-corrected chi connectivity index (χ4v) is 4.44. The predicted molar refractivity (Wildman–Crippen MR) is 122 cm³/mol. The van der Waals surface area contributed by atoms with Crippen molar-refractivity contribution in [2.24, 2.45) is 0 Å². The third-order valence-electron chi connectivity index (χ3n) is 5.93. The van der Waals surface area contributed by atoms with Crippen molar-refractivity contribution in [1.82, 2.24) is 14.8 Å². The molecule has 162 valence electrons. The number of methoxy groups -OCH3 is 2. The van der Waals surface area contributed by atoms with Gasteiger partial charge in [0.15, 0.2) is 11.5 Å². The van der Waals surface area contributed by atoms with E-state index in [1.807, 2.05) is 16.7 Å². The molecule has 6 nitrogen and oxygen atoms in total. The van der Waals surface area contributed by atoms with Crippen LogP contribution in [0.1, 0.15) is 30.4 Å². The van der Waals surface area contributed by atoms with Gasteiger partial charge in [0.25, 0.3) is 5.56 Å². The number of fused-ring (bicyclic) bond motifs is 3. The van der Waals surface area contributed by atoms with Crippen LogP contribution in [0, 0.1) is 0 Å². The largest absolute Gasteiger partial charge is 0.493 e. The van der Waals surface area contributed by atoms with Gasteiger partial charge in [-0.25, -0.2) is 0 Å². The molecular weight excluding hydrogens is 413 g/mol. The molecule has 1 aromatic heterocycles. The van der Waals surface area contributed by atoms with E-state index in [9.17, 15) is 4.79 Å². The number of halogens is 2. The highest BCUT2D eigenvalue weighted by Crippen LogP contribution is 2.34. The first-order valence-electron chi connectivity index (χ1n) is 9.96. The molecule has 1 N–H and O–H groups in total. The Balaban J connectivity index is 0.00000150. The Bertz CT molecular complexity index is 895. The third kappa shape index (κ3) is 4.66. The Morgan fingerprint density at radius 1 is 0.966 bits per heavy atom.